The molecule has 0 unspecified atom stereocenters. The molecule has 6 nitrogen and oxygen atoms in total. The molecule has 0 radical (unpaired) electrons. The van der Waals surface area contributed by atoms with E-state index >= 15 is 0 Å². The van der Waals surface area contributed by atoms with Crippen molar-refractivity contribution in [3.8, 4) is 0 Å². The highest BCUT2D eigenvalue weighted by molar-refractivity contribution is 7.17. The summed E-state index contributed by atoms with van der Waals surface area (Å²) in [5, 5.41) is 13.9. The van der Waals surface area contributed by atoms with E-state index in [9.17, 15) is 14.7 Å². The number of rotatable bonds is 6. The van der Waals surface area contributed by atoms with Crippen molar-refractivity contribution in [1.82, 2.24) is 14.9 Å². The molecule has 1 amide bonds. The number of thiophene rings is 1. The molecule has 0 aliphatic carbocycles. The van der Waals surface area contributed by atoms with Gasteiger partial charge in [0.2, 0.25) is 5.91 Å². The van der Waals surface area contributed by atoms with E-state index in [1.165, 1.54) is 22.2 Å². The molecule has 0 bridgehead atoms. The predicted octanol–water partition coefficient (Wildman–Crippen LogP) is 0.981. The summed E-state index contributed by atoms with van der Waals surface area (Å²) in [6, 6.07) is 1.48. The zero-order valence-electron chi connectivity index (χ0n) is 12.1. The van der Waals surface area contributed by atoms with Crippen LogP contribution in [-0.4, -0.2) is 33.2 Å². The Morgan fingerprint density at radius 3 is 3.00 bits per heavy atom. The van der Waals surface area contributed by atoms with Crippen molar-refractivity contribution in [3.63, 3.8) is 0 Å². The average Bonchev–Trinajstić information content (AvgIpc) is 2.96. The fraction of sp³-hybridized carbons (Fsp3) is 0.500. The van der Waals surface area contributed by atoms with Gasteiger partial charge in [0.15, 0.2) is 0 Å². The number of hydrogen-bond acceptors (Lipinski definition) is 5. The molecule has 2 aromatic rings. The van der Waals surface area contributed by atoms with E-state index in [-0.39, 0.29) is 36.6 Å². The monoisotopic (exact) mass is 309 g/mol. The van der Waals surface area contributed by atoms with Crippen LogP contribution in [0.1, 0.15) is 20.3 Å². The molecule has 0 spiro atoms. The predicted molar refractivity (Wildman–Crippen MR) is 82.4 cm³/mol. The van der Waals surface area contributed by atoms with Gasteiger partial charge in [-0.25, -0.2) is 4.98 Å². The first-order chi connectivity index (χ1) is 10.1. The second-order valence-corrected chi connectivity index (χ2v) is 5.97. The molecule has 21 heavy (non-hydrogen) atoms. The third kappa shape index (κ3) is 3.48. The summed E-state index contributed by atoms with van der Waals surface area (Å²) in [7, 11) is 0. The number of nitrogens with zero attached hydrogens (tertiary/aromatic N) is 2. The number of aromatic nitrogens is 2. The van der Waals surface area contributed by atoms with Gasteiger partial charge >= 0.3 is 0 Å². The molecule has 2 rings (SSSR count). The van der Waals surface area contributed by atoms with Crippen LogP contribution in [0, 0.1) is 5.92 Å². The normalized spacial score (nSPS) is 14.0. The van der Waals surface area contributed by atoms with Crippen molar-refractivity contribution in [2.24, 2.45) is 5.92 Å². The van der Waals surface area contributed by atoms with Crippen molar-refractivity contribution in [2.45, 2.75) is 32.9 Å². The molecule has 2 N–H and O–H groups in total. The van der Waals surface area contributed by atoms with Crippen LogP contribution in [0.2, 0.25) is 0 Å². The second-order valence-electron chi connectivity index (χ2n) is 5.05. The van der Waals surface area contributed by atoms with Crippen LogP contribution in [0.4, 0.5) is 0 Å². The van der Waals surface area contributed by atoms with Gasteiger partial charge in [-0.1, -0.05) is 20.3 Å². The minimum atomic E-state index is -0.297. The first kappa shape index (κ1) is 15.7. The van der Waals surface area contributed by atoms with Gasteiger partial charge in [0.25, 0.3) is 5.56 Å². The standard InChI is InChI=1S/C14H19N3O3S/c1-3-9(2)11(7-18)16-12(19)6-17-8-15-10-4-5-21-13(10)14(17)20/h4-5,8-9,11,18H,3,6-7H2,1-2H3,(H,16,19)/t9-,11-/m0/s1. The SMILES string of the molecule is CC[C@H](C)[C@H](CO)NC(=O)Cn1cnc2ccsc2c1=O. The number of aliphatic hydroxyl groups excluding tert-OH is 1. The van der Waals surface area contributed by atoms with Crippen LogP contribution in [-0.2, 0) is 11.3 Å². The summed E-state index contributed by atoms with van der Waals surface area (Å²) >= 11 is 1.31. The molecule has 114 valence electrons. The van der Waals surface area contributed by atoms with Crippen molar-refractivity contribution >= 4 is 27.5 Å². The van der Waals surface area contributed by atoms with E-state index < -0.39 is 0 Å². The molecular formula is C14H19N3O3S. The maximum absolute atomic E-state index is 12.2. The van der Waals surface area contributed by atoms with Gasteiger partial charge in [-0.2, -0.15) is 0 Å². The summed E-state index contributed by atoms with van der Waals surface area (Å²) in [5.41, 5.74) is 0.434. The number of amides is 1. The second kappa shape index (κ2) is 6.82. The molecule has 2 atom stereocenters. The number of carbonyl (C=O) groups excluding carboxylic acids is 1. The average molecular weight is 309 g/mol. The lowest BCUT2D eigenvalue weighted by atomic mass is 10.00. The van der Waals surface area contributed by atoms with Crippen LogP contribution in [0.5, 0.6) is 0 Å². The van der Waals surface area contributed by atoms with Gasteiger partial charge in [0.1, 0.15) is 11.2 Å². The molecule has 0 aromatic carbocycles. The number of carbonyl (C=O) groups is 1. The maximum atomic E-state index is 12.2. The molecule has 2 aromatic heterocycles. The maximum Gasteiger partial charge on any atom is 0.271 e. The van der Waals surface area contributed by atoms with Gasteiger partial charge < -0.3 is 10.4 Å². The van der Waals surface area contributed by atoms with Crippen LogP contribution in [0.15, 0.2) is 22.6 Å². The zero-order chi connectivity index (χ0) is 15.4. The largest absolute Gasteiger partial charge is 0.394 e. The Bertz CT molecular complexity index is 679. The van der Waals surface area contributed by atoms with Gasteiger partial charge in [0, 0.05) is 0 Å². The lowest BCUT2D eigenvalue weighted by Gasteiger charge is -2.22. The fourth-order valence-electron chi connectivity index (χ4n) is 2.05. The quantitative estimate of drug-likeness (QED) is 0.833. The van der Waals surface area contributed by atoms with Crippen molar-refractivity contribution in [1.29, 1.82) is 0 Å². The summed E-state index contributed by atoms with van der Waals surface area (Å²) < 4.78 is 1.84. The highest BCUT2D eigenvalue weighted by atomic mass is 32.1. The van der Waals surface area contributed by atoms with Crippen molar-refractivity contribution in [3.05, 3.63) is 28.1 Å². The third-order valence-corrected chi connectivity index (χ3v) is 4.52. The highest BCUT2D eigenvalue weighted by Crippen LogP contribution is 2.13. The van der Waals surface area contributed by atoms with E-state index in [0.717, 1.165) is 6.42 Å². The van der Waals surface area contributed by atoms with E-state index in [0.29, 0.717) is 10.2 Å². The third-order valence-electron chi connectivity index (χ3n) is 3.62. The molecule has 2 heterocycles. The number of hydrogen-bond donors (Lipinski definition) is 2. The van der Waals surface area contributed by atoms with Crippen molar-refractivity contribution in [2.75, 3.05) is 6.61 Å². The summed E-state index contributed by atoms with van der Waals surface area (Å²) in [4.78, 5) is 28.3. The van der Waals surface area contributed by atoms with Crippen LogP contribution >= 0.6 is 11.3 Å². The Hall–Kier alpha value is -1.73. The number of nitrogens with one attached hydrogen (secondary N) is 1. The van der Waals surface area contributed by atoms with Crippen LogP contribution in [0.25, 0.3) is 10.2 Å². The smallest absolute Gasteiger partial charge is 0.271 e. The molecule has 7 heteroatoms. The van der Waals surface area contributed by atoms with Crippen molar-refractivity contribution < 1.29 is 9.90 Å². The van der Waals surface area contributed by atoms with Gasteiger partial charge in [0.05, 0.1) is 24.5 Å². The first-order valence-corrected chi connectivity index (χ1v) is 7.77. The van der Waals surface area contributed by atoms with Gasteiger partial charge in [-0.15, -0.1) is 11.3 Å². The lowest BCUT2D eigenvalue weighted by molar-refractivity contribution is -0.123. The first-order valence-electron chi connectivity index (χ1n) is 6.89. The Labute approximate surface area is 126 Å². The van der Waals surface area contributed by atoms with E-state index in [2.05, 4.69) is 10.3 Å². The molecular weight excluding hydrogens is 290 g/mol. The Morgan fingerprint density at radius 2 is 2.33 bits per heavy atom. The topological polar surface area (TPSA) is 84.2 Å². The number of aliphatic hydroxyl groups is 1. The van der Waals surface area contributed by atoms with Gasteiger partial charge in [-0.3, -0.25) is 14.2 Å². The van der Waals surface area contributed by atoms with Gasteiger partial charge in [-0.05, 0) is 17.4 Å². The van der Waals surface area contributed by atoms with E-state index in [1.807, 2.05) is 13.8 Å². The number of fused-ring (bicyclic) bond motifs is 1. The van der Waals surface area contributed by atoms with E-state index in [1.54, 1.807) is 11.4 Å². The summed E-state index contributed by atoms with van der Waals surface area (Å²) in [5.74, 6) is -0.122. The van der Waals surface area contributed by atoms with E-state index in [4.69, 9.17) is 0 Å². The Balaban J connectivity index is 2.11. The van der Waals surface area contributed by atoms with Crippen LogP contribution < -0.4 is 10.9 Å². The minimum Gasteiger partial charge on any atom is -0.394 e. The van der Waals surface area contributed by atoms with Crippen LogP contribution in [0.3, 0.4) is 0 Å². The zero-order valence-corrected chi connectivity index (χ0v) is 12.9. The molecule has 0 fully saturated rings. The fourth-order valence-corrected chi connectivity index (χ4v) is 2.84. The molecule has 0 saturated carbocycles. The lowest BCUT2D eigenvalue weighted by Crippen LogP contribution is -2.44. The molecule has 0 aliphatic rings. The summed E-state index contributed by atoms with van der Waals surface area (Å²) in [6.45, 7) is 3.76. The Kier molecular flexibility index (Phi) is 5.08. The highest BCUT2D eigenvalue weighted by Gasteiger charge is 2.18. The molecule has 0 saturated heterocycles. The minimum absolute atomic E-state index is 0.0907. The molecule has 0 aliphatic heterocycles. The summed E-state index contributed by atoms with van der Waals surface area (Å²) in [6.07, 6.45) is 2.24. The Morgan fingerprint density at radius 1 is 1.57 bits per heavy atom.